The fraction of sp³-hybridized carbons (Fsp3) is 0.950. The van der Waals surface area contributed by atoms with Crippen molar-refractivity contribution in [3.05, 3.63) is 0 Å². The Morgan fingerprint density at radius 1 is 0.927 bits per heavy atom. The fourth-order valence-corrected chi connectivity index (χ4v) is 9.35. The highest BCUT2D eigenvalue weighted by Crippen LogP contribution is 2.41. The Kier molecular flexibility index (Phi) is 15.1. The van der Waals surface area contributed by atoms with Crippen molar-refractivity contribution in [2.75, 3.05) is 34.3 Å². The zero-order chi connectivity index (χ0) is 41.4. The molecule has 0 aromatic carbocycles. The maximum Gasteiger partial charge on any atom is 0.311 e. The minimum Gasteiger partial charge on any atom is -0.459 e. The third kappa shape index (κ3) is 9.80. The van der Waals surface area contributed by atoms with E-state index >= 15 is 0 Å². The number of likely N-dealkylation sites (N-methyl/N-ethyl adjacent to an activating group) is 2. The lowest BCUT2D eigenvalue weighted by molar-refractivity contribution is -0.313. The van der Waals surface area contributed by atoms with Crippen molar-refractivity contribution in [3.8, 4) is 0 Å². The predicted molar refractivity (Wildman–Crippen MR) is 205 cm³/mol. The first-order valence-electron chi connectivity index (χ1n) is 20.3. The lowest BCUT2D eigenvalue weighted by Gasteiger charge is -2.48. The second-order valence-corrected chi connectivity index (χ2v) is 17.7. The average Bonchev–Trinajstić information content (AvgIpc) is 3.42. The molecule has 0 amide bonds. The van der Waals surface area contributed by atoms with Gasteiger partial charge in [-0.2, -0.15) is 0 Å². The van der Waals surface area contributed by atoms with Gasteiger partial charge in [0.25, 0.3) is 6.02 Å². The number of carbonyl (C=O) groups is 1. The summed E-state index contributed by atoms with van der Waals surface area (Å²) in [4.78, 5) is 22.8. The molecule has 0 unspecified atom stereocenters. The van der Waals surface area contributed by atoms with Crippen LogP contribution in [0.2, 0.25) is 0 Å². The summed E-state index contributed by atoms with van der Waals surface area (Å²) in [7, 11) is 5.33. The monoisotopic (exact) mass is 788 g/mol. The van der Waals surface area contributed by atoms with Crippen molar-refractivity contribution in [2.24, 2.45) is 22.7 Å². The molecule has 55 heavy (non-hydrogen) atoms. The minimum atomic E-state index is -1.79. The van der Waals surface area contributed by atoms with Gasteiger partial charge in [0.1, 0.15) is 23.9 Å². The number of methoxy groups -OCH3 is 1. The Hall–Kier alpha value is -1.66. The van der Waals surface area contributed by atoms with Crippen molar-refractivity contribution in [1.82, 2.24) is 9.80 Å². The molecule has 0 bridgehead atoms. The number of hydrogen-bond donors (Lipinski definition) is 4. The van der Waals surface area contributed by atoms with Gasteiger partial charge in [0, 0.05) is 45.6 Å². The predicted octanol–water partition coefficient (Wildman–Crippen LogP) is 2.68. The summed E-state index contributed by atoms with van der Waals surface area (Å²) < 4.78 is 44.7. The number of nitrogens with zero attached hydrogens (tertiary/aromatic N) is 3. The fourth-order valence-electron chi connectivity index (χ4n) is 9.35. The minimum absolute atomic E-state index is 0.0861. The van der Waals surface area contributed by atoms with Crippen LogP contribution >= 0.6 is 0 Å². The van der Waals surface area contributed by atoms with Gasteiger partial charge in [-0.3, -0.25) is 4.79 Å². The van der Waals surface area contributed by atoms with Gasteiger partial charge in [-0.25, -0.2) is 4.99 Å². The molecule has 0 radical (unpaired) electrons. The standard InChI is InChI=1S/C40H73N3O12/c1-15-28-40(11,48)32(44)25(7)42(12)20-21(3)18-38(9,47)34(55-36-31-27(17-22(4)50-36)43(13)37(54-31)41-16-2)23(5)30(24(6)35(46)52-28)53-29-19-39(10,49-14)33(45)26(8)51-29/h21-34,36,44-45,47-48H,15-20H2,1-14H3/t21-,22-,23+,24-,25-,26+,27+,28-,29+,30+,31-,32-,33+,34-,36+,38-,39-,40-/m1/s1. The number of cyclic esters (lactones) is 1. The summed E-state index contributed by atoms with van der Waals surface area (Å²) in [5.74, 6) is -2.49. The molecule has 4 saturated heterocycles. The van der Waals surface area contributed by atoms with E-state index in [9.17, 15) is 25.2 Å². The van der Waals surface area contributed by atoms with Gasteiger partial charge in [-0.15, -0.1) is 0 Å². The van der Waals surface area contributed by atoms with Crippen LogP contribution in [-0.4, -0.2) is 167 Å². The molecule has 15 heteroatoms. The summed E-state index contributed by atoms with van der Waals surface area (Å²) in [6.45, 7) is 20.8. The lowest BCUT2D eigenvalue weighted by atomic mass is 9.77. The maximum atomic E-state index is 14.3. The van der Waals surface area contributed by atoms with Crippen LogP contribution in [0, 0.1) is 17.8 Å². The van der Waals surface area contributed by atoms with E-state index in [1.165, 1.54) is 14.0 Å². The number of aliphatic imine (C=N–C) groups is 1. The molecule has 4 aliphatic rings. The number of esters is 1. The van der Waals surface area contributed by atoms with Gasteiger partial charge < -0.3 is 63.4 Å². The highest BCUT2D eigenvalue weighted by atomic mass is 16.7. The van der Waals surface area contributed by atoms with Crippen molar-refractivity contribution >= 4 is 12.0 Å². The van der Waals surface area contributed by atoms with Crippen LogP contribution < -0.4 is 0 Å². The SMILES string of the molecule is CCN=C1O[C@H]2[C@H](O[C@@H]3[C@@H](C)[C@H](O[C@H]4C[C@@](C)(OC)[C@@H](O)[C@H](C)O4)[C@@H](C)C(=O)O[C@H](CC)[C@@](C)(O)[C@H](O)[C@@H](C)N(C)C[C@H](C)C[C@@]3(C)O)O[C@H](C)C[C@@H]2N1C. The molecule has 4 rings (SSSR count). The van der Waals surface area contributed by atoms with Gasteiger partial charge in [-0.1, -0.05) is 20.8 Å². The molecule has 4 fully saturated rings. The van der Waals surface area contributed by atoms with E-state index in [1.54, 1.807) is 34.6 Å². The molecule has 4 heterocycles. The van der Waals surface area contributed by atoms with E-state index in [1.807, 2.05) is 58.5 Å². The first-order valence-corrected chi connectivity index (χ1v) is 20.3. The number of hydrogen-bond acceptors (Lipinski definition) is 14. The number of rotatable bonds is 7. The Morgan fingerprint density at radius 2 is 1.58 bits per heavy atom. The smallest absolute Gasteiger partial charge is 0.311 e. The average molecular weight is 788 g/mol. The molecule has 0 spiro atoms. The number of aliphatic hydroxyl groups excluding tert-OH is 2. The Balaban J connectivity index is 1.83. The number of carbonyl (C=O) groups excluding carboxylic acids is 1. The Labute approximate surface area is 328 Å². The molecule has 4 aliphatic heterocycles. The van der Waals surface area contributed by atoms with Crippen LogP contribution in [0.4, 0.5) is 0 Å². The molecule has 0 aliphatic carbocycles. The first-order chi connectivity index (χ1) is 25.5. The zero-order valence-corrected chi connectivity index (χ0v) is 35.8. The third-order valence-corrected chi connectivity index (χ3v) is 12.9. The highest BCUT2D eigenvalue weighted by Gasteiger charge is 2.54. The quantitative estimate of drug-likeness (QED) is 0.277. The summed E-state index contributed by atoms with van der Waals surface area (Å²) in [5, 5.41) is 47.0. The molecule has 0 saturated carbocycles. The van der Waals surface area contributed by atoms with Gasteiger partial charge in [0.2, 0.25) is 0 Å². The van der Waals surface area contributed by atoms with E-state index in [0.29, 0.717) is 25.5 Å². The van der Waals surface area contributed by atoms with Gasteiger partial charge >= 0.3 is 5.97 Å². The maximum absolute atomic E-state index is 14.3. The van der Waals surface area contributed by atoms with E-state index in [4.69, 9.17) is 33.2 Å². The van der Waals surface area contributed by atoms with Crippen molar-refractivity contribution in [3.63, 3.8) is 0 Å². The summed E-state index contributed by atoms with van der Waals surface area (Å²) in [6.07, 6.45) is -7.14. The lowest BCUT2D eigenvalue weighted by Crippen LogP contribution is -2.60. The van der Waals surface area contributed by atoms with E-state index < -0.39 is 96.0 Å². The number of amidine groups is 1. The van der Waals surface area contributed by atoms with Crippen LogP contribution in [0.5, 0.6) is 0 Å². The third-order valence-electron chi connectivity index (χ3n) is 12.9. The van der Waals surface area contributed by atoms with Crippen LogP contribution in [0.15, 0.2) is 4.99 Å². The second-order valence-electron chi connectivity index (χ2n) is 17.7. The van der Waals surface area contributed by atoms with Crippen LogP contribution in [0.25, 0.3) is 0 Å². The molecule has 18 atom stereocenters. The summed E-state index contributed by atoms with van der Waals surface area (Å²) in [5.41, 5.74) is -4.33. The van der Waals surface area contributed by atoms with E-state index in [2.05, 4.69) is 4.99 Å². The molecule has 0 aromatic heterocycles. The highest BCUT2D eigenvalue weighted by molar-refractivity contribution is 5.76. The molecular formula is C40H73N3O12. The van der Waals surface area contributed by atoms with Crippen molar-refractivity contribution in [2.45, 2.75) is 192 Å². The molecule has 4 N–H and O–H groups in total. The number of fused-ring (bicyclic) bond motifs is 1. The van der Waals surface area contributed by atoms with E-state index in [0.717, 1.165) is 0 Å². The second kappa shape index (κ2) is 18.1. The van der Waals surface area contributed by atoms with Crippen molar-refractivity contribution < 1.29 is 58.4 Å². The zero-order valence-electron chi connectivity index (χ0n) is 35.8. The van der Waals surface area contributed by atoms with Gasteiger partial charge in [-0.05, 0) is 87.6 Å². The molecule has 15 nitrogen and oxygen atoms in total. The summed E-state index contributed by atoms with van der Waals surface area (Å²) in [6, 6.07) is -0.109. The Bertz CT molecular complexity index is 1300. The largest absolute Gasteiger partial charge is 0.459 e. The molecule has 0 aromatic rings. The van der Waals surface area contributed by atoms with Gasteiger partial charge in [0.05, 0.1) is 47.6 Å². The van der Waals surface area contributed by atoms with Gasteiger partial charge in [0.15, 0.2) is 18.7 Å². The first kappa shape index (κ1) is 46.0. The summed E-state index contributed by atoms with van der Waals surface area (Å²) >= 11 is 0. The molecule has 320 valence electrons. The topological polar surface area (TPSA) is 181 Å². The molecular weight excluding hydrogens is 714 g/mol. The van der Waals surface area contributed by atoms with Crippen molar-refractivity contribution in [1.29, 1.82) is 0 Å². The number of aliphatic hydroxyl groups is 4. The van der Waals surface area contributed by atoms with Crippen LogP contribution in [-0.2, 0) is 38.0 Å². The van der Waals surface area contributed by atoms with Crippen LogP contribution in [0.3, 0.4) is 0 Å². The Morgan fingerprint density at radius 3 is 2.18 bits per heavy atom. The normalized spacial score (nSPS) is 49.1. The number of ether oxygens (including phenoxy) is 7. The van der Waals surface area contributed by atoms with E-state index in [-0.39, 0.29) is 37.3 Å². The van der Waals surface area contributed by atoms with Crippen LogP contribution in [0.1, 0.15) is 102 Å².